The summed E-state index contributed by atoms with van der Waals surface area (Å²) in [4.78, 5) is 0. The molecule has 3 nitrogen and oxygen atoms in total. The van der Waals surface area contributed by atoms with Crippen molar-refractivity contribution < 1.29 is 4.74 Å². The maximum Gasteiger partial charge on any atom is 0.0828 e. The molecule has 3 heteroatoms. The van der Waals surface area contributed by atoms with Crippen LogP contribution in [-0.4, -0.2) is 29.3 Å². The molecule has 1 aliphatic heterocycles. The minimum absolute atomic E-state index is 0.0709. The minimum Gasteiger partial charge on any atom is -0.368 e. The Kier molecular flexibility index (Phi) is 3.79. The number of nitrogens with two attached hydrogens (primary N) is 1. The third-order valence-corrected chi connectivity index (χ3v) is 4.85. The Morgan fingerprint density at radius 1 is 1.11 bits per heavy atom. The molecule has 1 saturated carbocycles. The predicted molar refractivity (Wildman–Crippen MR) is 75.7 cm³/mol. The van der Waals surface area contributed by atoms with Crippen molar-refractivity contribution in [3.8, 4) is 0 Å². The van der Waals surface area contributed by atoms with Crippen molar-refractivity contribution in [1.29, 1.82) is 0 Å². The minimum atomic E-state index is -0.192. The fourth-order valence-corrected chi connectivity index (χ4v) is 4.00. The highest BCUT2D eigenvalue weighted by molar-refractivity contribution is 5.13. The van der Waals surface area contributed by atoms with Crippen LogP contribution in [0.2, 0.25) is 0 Å². The summed E-state index contributed by atoms with van der Waals surface area (Å²) in [6.07, 6.45) is 7.67. The normalized spacial score (nSPS) is 35.8. The molecule has 0 aromatic carbocycles. The maximum atomic E-state index is 6.24. The van der Waals surface area contributed by atoms with E-state index in [0.29, 0.717) is 12.6 Å². The van der Waals surface area contributed by atoms with Crippen LogP contribution in [-0.2, 0) is 4.74 Å². The van der Waals surface area contributed by atoms with Crippen LogP contribution in [0, 0.1) is 0 Å². The van der Waals surface area contributed by atoms with Crippen molar-refractivity contribution in [2.45, 2.75) is 89.0 Å². The second kappa shape index (κ2) is 4.77. The van der Waals surface area contributed by atoms with Gasteiger partial charge in [-0.2, -0.15) is 0 Å². The molecule has 1 aliphatic carbocycles. The molecule has 0 bridgehead atoms. The van der Waals surface area contributed by atoms with Crippen LogP contribution >= 0.6 is 0 Å². The number of rotatable bonds is 3. The van der Waals surface area contributed by atoms with Crippen LogP contribution in [0.5, 0.6) is 0 Å². The van der Waals surface area contributed by atoms with Gasteiger partial charge < -0.3 is 15.8 Å². The summed E-state index contributed by atoms with van der Waals surface area (Å²) in [5, 5.41) is 3.88. The molecule has 0 spiro atoms. The average molecular weight is 254 g/mol. The number of nitrogens with one attached hydrogen (secondary N) is 1. The van der Waals surface area contributed by atoms with Crippen LogP contribution < -0.4 is 11.1 Å². The molecular formula is C15H30N2O. The van der Waals surface area contributed by atoms with E-state index in [1.54, 1.807) is 0 Å². The van der Waals surface area contributed by atoms with Crippen molar-refractivity contribution in [3.63, 3.8) is 0 Å². The van der Waals surface area contributed by atoms with Crippen LogP contribution in [0.25, 0.3) is 0 Å². The summed E-state index contributed by atoms with van der Waals surface area (Å²) in [5.74, 6) is 0. The van der Waals surface area contributed by atoms with Gasteiger partial charge in [0.05, 0.1) is 16.7 Å². The molecule has 1 unspecified atom stereocenters. The van der Waals surface area contributed by atoms with Crippen molar-refractivity contribution in [3.05, 3.63) is 0 Å². The quantitative estimate of drug-likeness (QED) is 0.814. The summed E-state index contributed by atoms with van der Waals surface area (Å²) < 4.78 is 6.24. The summed E-state index contributed by atoms with van der Waals surface area (Å²) in [6, 6.07) is 0.624. The summed E-state index contributed by atoms with van der Waals surface area (Å²) in [7, 11) is 0. The zero-order valence-electron chi connectivity index (χ0n) is 12.5. The average Bonchev–Trinajstić information content (AvgIpc) is 2.45. The smallest absolute Gasteiger partial charge is 0.0828 e. The monoisotopic (exact) mass is 254 g/mol. The molecule has 18 heavy (non-hydrogen) atoms. The van der Waals surface area contributed by atoms with E-state index < -0.39 is 0 Å². The standard InChI is InChI=1S/C15H30N2O/c1-13(2)10-15(11-16,14(3,4)18-13)17-12-8-6-5-7-9-12/h12,17H,5-11,16H2,1-4H3. The summed E-state index contributed by atoms with van der Waals surface area (Å²) >= 11 is 0. The van der Waals surface area contributed by atoms with Crippen molar-refractivity contribution in [1.82, 2.24) is 5.32 Å². The van der Waals surface area contributed by atoms with E-state index in [1.165, 1.54) is 32.1 Å². The molecule has 2 rings (SSSR count). The van der Waals surface area contributed by atoms with E-state index in [-0.39, 0.29) is 16.7 Å². The van der Waals surface area contributed by atoms with Gasteiger partial charge in [-0.25, -0.2) is 0 Å². The van der Waals surface area contributed by atoms with Gasteiger partial charge in [-0.3, -0.25) is 0 Å². The lowest BCUT2D eigenvalue weighted by molar-refractivity contribution is -0.0837. The Hall–Kier alpha value is -0.120. The fourth-order valence-electron chi connectivity index (χ4n) is 4.00. The number of hydrogen-bond acceptors (Lipinski definition) is 3. The Balaban J connectivity index is 2.14. The van der Waals surface area contributed by atoms with E-state index in [0.717, 1.165) is 6.42 Å². The van der Waals surface area contributed by atoms with E-state index >= 15 is 0 Å². The van der Waals surface area contributed by atoms with Crippen LogP contribution in [0.1, 0.15) is 66.2 Å². The largest absolute Gasteiger partial charge is 0.368 e. The zero-order chi connectivity index (χ0) is 13.4. The third kappa shape index (κ3) is 2.59. The lowest BCUT2D eigenvalue weighted by atomic mass is 9.77. The fraction of sp³-hybridized carbons (Fsp3) is 1.00. The predicted octanol–water partition coefficient (Wildman–Crippen LogP) is 2.58. The molecule has 2 aliphatic rings. The van der Waals surface area contributed by atoms with Gasteiger partial charge in [-0.05, 0) is 47.0 Å². The summed E-state index contributed by atoms with van der Waals surface area (Å²) in [5.41, 5.74) is 5.80. The second-order valence-electron chi connectivity index (χ2n) is 7.31. The molecule has 0 amide bonds. The molecule has 1 atom stereocenters. The molecule has 0 radical (unpaired) electrons. The molecule has 2 fully saturated rings. The zero-order valence-corrected chi connectivity index (χ0v) is 12.5. The lowest BCUT2D eigenvalue weighted by Gasteiger charge is -2.43. The summed E-state index contributed by atoms with van der Waals surface area (Å²) in [6.45, 7) is 9.37. The van der Waals surface area contributed by atoms with Crippen LogP contribution in [0.4, 0.5) is 0 Å². The molecule has 0 aromatic heterocycles. The van der Waals surface area contributed by atoms with Gasteiger partial charge in [0.2, 0.25) is 0 Å². The molecular weight excluding hydrogens is 224 g/mol. The highest BCUT2D eigenvalue weighted by Gasteiger charge is 2.56. The van der Waals surface area contributed by atoms with Gasteiger partial charge >= 0.3 is 0 Å². The van der Waals surface area contributed by atoms with Gasteiger partial charge in [-0.1, -0.05) is 19.3 Å². The van der Waals surface area contributed by atoms with E-state index in [9.17, 15) is 0 Å². The number of ether oxygens (including phenoxy) is 1. The first-order chi connectivity index (χ1) is 8.30. The first-order valence-electron chi connectivity index (χ1n) is 7.48. The topological polar surface area (TPSA) is 47.3 Å². The first kappa shape index (κ1) is 14.3. The lowest BCUT2D eigenvalue weighted by Crippen LogP contribution is -2.64. The van der Waals surface area contributed by atoms with Gasteiger partial charge in [0.15, 0.2) is 0 Å². The highest BCUT2D eigenvalue weighted by Crippen LogP contribution is 2.45. The van der Waals surface area contributed by atoms with Gasteiger partial charge in [-0.15, -0.1) is 0 Å². The highest BCUT2D eigenvalue weighted by atomic mass is 16.5. The van der Waals surface area contributed by atoms with E-state index in [4.69, 9.17) is 10.5 Å². The number of hydrogen-bond donors (Lipinski definition) is 2. The maximum absolute atomic E-state index is 6.24. The Morgan fingerprint density at radius 3 is 2.17 bits per heavy atom. The molecule has 3 N–H and O–H groups in total. The van der Waals surface area contributed by atoms with Crippen molar-refractivity contribution in [2.75, 3.05) is 6.54 Å². The van der Waals surface area contributed by atoms with E-state index in [1.807, 2.05) is 0 Å². The van der Waals surface area contributed by atoms with Gasteiger partial charge in [0, 0.05) is 12.6 Å². The Bertz CT molecular complexity index is 295. The molecule has 0 aromatic rings. The van der Waals surface area contributed by atoms with Crippen molar-refractivity contribution >= 4 is 0 Å². The molecule has 1 heterocycles. The van der Waals surface area contributed by atoms with E-state index in [2.05, 4.69) is 33.0 Å². The second-order valence-corrected chi connectivity index (χ2v) is 7.31. The third-order valence-electron chi connectivity index (χ3n) is 4.85. The Labute approximate surface area is 112 Å². The van der Waals surface area contributed by atoms with Gasteiger partial charge in [0.25, 0.3) is 0 Å². The molecule has 106 valence electrons. The van der Waals surface area contributed by atoms with Crippen LogP contribution in [0.15, 0.2) is 0 Å². The Morgan fingerprint density at radius 2 is 1.72 bits per heavy atom. The van der Waals surface area contributed by atoms with Gasteiger partial charge in [0.1, 0.15) is 0 Å². The van der Waals surface area contributed by atoms with Crippen LogP contribution in [0.3, 0.4) is 0 Å². The van der Waals surface area contributed by atoms with Crippen molar-refractivity contribution in [2.24, 2.45) is 5.73 Å². The SMILES string of the molecule is CC1(C)CC(CN)(NC2CCCCC2)C(C)(C)O1. The molecule has 1 saturated heterocycles. The first-order valence-corrected chi connectivity index (χ1v) is 7.48.